The van der Waals surface area contributed by atoms with Crippen LogP contribution in [0.1, 0.15) is 21.5 Å². The van der Waals surface area contributed by atoms with Crippen LogP contribution in [0, 0.1) is 13.8 Å². The smallest absolute Gasteiger partial charge is 0.209 e. The molecule has 3 aromatic rings. The van der Waals surface area contributed by atoms with E-state index in [0.717, 1.165) is 28.0 Å². The Morgan fingerprint density at radius 3 is 2.60 bits per heavy atom. The molecule has 0 saturated carbocycles. The van der Waals surface area contributed by atoms with E-state index in [1.807, 2.05) is 56.3 Å². The van der Waals surface area contributed by atoms with Crippen LogP contribution in [0.5, 0.6) is 5.75 Å². The van der Waals surface area contributed by atoms with E-state index in [-0.39, 0.29) is 5.78 Å². The number of hydrogen-bond acceptors (Lipinski definition) is 5. The van der Waals surface area contributed by atoms with Crippen molar-refractivity contribution in [3.05, 3.63) is 59.2 Å². The van der Waals surface area contributed by atoms with Gasteiger partial charge < -0.3 is 4.74 Å². The van der Waals surface area contributed by atoms with E-state index in [4.69, 9.17) is 4.74 Å². The second-order valence-electron chi connectivity index (χ2n) is 5.73. The number of Topliss-reactive ketones (excluding diaryl/α,β-unsaturated/α-hetero) is 1. The molecule has 128 valence electrons. The molecule has 0 amide bonds. The number of methoxy groups -OCH3 is 1. The first-order valence-electron chi connectivity index (χ1n) is 7.87. The van der Waals surface area contributed by atoms with Crippen molar-refractivity contribution in [1.82, 2.24) is 15.2 Å². The van der Waals surface area contributed by atoms with E-state index in [2.05, 4.69) is 15.2 Å². The number of H-pyrrole nitrogens is 1. The van der Waals surface area contributed by atoms with Crippen molar-refractivity contribution < 1.29 is 9.53 Å². The fourth-order valence-corrected chi connectivity index (χ4v) is 3.20. The van der Waals surface area contributed by atoms with Gasteiger partial charge in [-0.1, -0.05) is 35.5 Å². The van der Waals surface area contributed by atoms with Crippen LogP contribution in [0.25, 0.3) is 11.4 Å². The van der Waals surface area contributed by atoms with E-state index in [0.29, 0.717) is 16.7 Å². The normalized spacial score (nSPS) is 10.7. The number of carbonyl (C=O) groups is 1. The van der Waals surface area contributed by atoms with E-state index < -0.39 is 0 Å². The molecule has 2 aromatic carbocycles. The maximum Gasteiger partial charge on any atom is 0.209 e. The Morgan fingerprint density at radius 1 is 1.16 bits per heavy atom. The van der Waals surface area contributed by atoms with Crippen LogP contribution in [0.4, 0.5) is 0 Å². The van der Waals surface area contributed by atoms with Crippen LogP contribution >= 0.6 is 11.8 Å². The van der Waals surface area contributed by atoms with Gasteiger partial charge in [0.2, 0.25) is 5.16 Å². The molecule has 0 bridgehead atoms. The van der Waals surface area contributed by atoms with Gasteiger partial charge in [0.25, 0.3) is 0 Å². The average molecular weight is 353 g/mol. The number of ketones is 1. The fraction of sp³-hybridized carbons (Fsp3) is 0.211. The van der Waals surface area contributed by atoms with Crippen molar-refractivity contribution in [3.8, 4) is 17.1 Å². The van der Waals surface area contributed by atoms with Crippen molar-refractivity contribution in [1.29, 1.82) is 0 Å². The van der Waals surface area contributed by atoms with Crippen LogP contribution < -0.4 is 4.74 Å². The van der Waals surface area contributed by atoms with Gasteiger partial charge in [-0.3, -0.25) is 9.89 Å². The zero-order valence-corrected chi connectivity index (χ0v) is 15.2. The second-order valence-corrected chi connectivity index (χ2v) is 6.67. The first-order valence-corrected chi connectivity index (χ1v) is 8.85. The number of aryl methyl sites for hydroxylation is 2. The summed E-state index contributed by atoms with van der Waals surface area (Å²) in [4.78, 5) is 16.8. The third-order valence-electron chi connectivity index (χ3n) is 3.84. The molecule has 0 unspecified atom stereocenters. The topological polar surface area (TPSA) is 67.9 Å². The minimum Gasteiger partial charge on any atom is -0.497 e. The Morgan fingerprint density at radius 2 is 1.92 bits per heavy atom. The SMILES string of the molecule is COc1ccc(-c2nc(SCC(=O)c3ccc(C)cc3C)n[nH]2)cc1. The van der Waals surface area contributed by atoms with Crippen LogP contribution in [0.15, 0.2) is 47.6 Å². The Balaban J connectivity index is 1.66. The number of hydrogen-bond donors (Lipinski definition) is 1. The number of nitrogens with one attached hydrogen (secondary N) is 1. The lowest BCUT2D eigenvalue weighted by molar-refractivity contribution is 0.102. The van der Waals surface area contributed by atoms with Gasteiger partial charge in [0.1, 0.15) is 5.75 Å². The molecule has 6 heteroatoms. The highest BCUT2D eigenvalue weighted by molar-refractivity contribution is 7.99. The molecule has 1 heterocycles. The number of thioether (sulfide) groups is 1. The maximum atomic E-state index is 12.4. The Labute approximate surface area is 150 Å². The molecule has 0 aliphatic carbocycles. The monoisotopic (exact) mass is 353 g/mol. The molecule has 0 fully saturated rings. The van der Waals surface area contributed by atoms with E-state index in [1.165, 1.54) is 11.8 Å². The molecule has 25 heavy (non-hydrogen) atoms. The van der Waals surface area contributed by atoms with Crippen LogP contribution in [0.2, 0.25) is 0 Å². The van der Waals surface area contributed by atoms with Crippen LogP contribution in [-0.4, -0.2) is 33.8 Å². The molecule has 1 N–H and O–H groups in total. The molecule has 0 spiro atoms. The number of carbonyl (C=O) groups excluding carboxylic acids is 1. The number of aromatic amines is 1. The first kappa shape index (κ1) is 17.2. The number of benzene rings is 2. The Kier molecular flexibility index (Phi) is 5.19. The zero-order valence-electron chi connectivity index (χ0n) is 14.4. The van der Waals surface area contributed by atoms with Gasteiger partial charge in [0.05, 0.1) is 12.9 Å². The maximum absolute atomic E-state index is 12.4. The van der Waals surface area contributed by atoms with Gasteiger partial charge in [0.15, 0.2) is 11.6 Å². The molecular formula is C19H19N3O2S. The molecule has 1 aromatic heterocycles. The van der Waals surface area contributed by atoms with Gasteiger partial charge in [-0.05, 0) is 43.7 Å². The van der Waals surface area contributed by atoms with Gasteiger partial charge in [-0.25, -0.2) is 4.98 Å². The quantitative estimate of drug-likeness (QED) is 0.534. The third-order valence-corrected chi connectivity index (χ3v) is 4.69. The molecule has 0 saturated heterocycles. The largest absolute Gasteiger partial charge is 0.497 e. The second kappa shape index (κ2) is 7.53. The molecular weight excluding hydrogens is 334 g/mol. The van der Waals surface area contributed by atoms with E-state index in [1.54, 1.807) is 7.11 Å². The summed E-state index contributed by atoms with van der Waals surface area (Å²) in [6, 6.07) is 13.4. The summed E-state index contributed by atoms with van der Waals surface area (Å²) in [6.07, 6.45) is 0. The lowest BCUT2D eigenvalue weighted by Crippen LogP contribution is -2.05. The highest BCUT2D eigenvalue weighted by Gasteiger charge is 2.12. The minimum absolute atomic E-state index is 0.0818. The summed E-state index contributed by atoms with van der Waals surface area (Å²) in [6.45, 7) is 3.98. The van der Waals surface area contributed by atoms with Crippen molar-refractivity contribution in [2.45, 2.75) is 19.0 Å². The molecule has 5 nitrogen and oxygen atoms in total. The minimum atomic E-state index is 0.0818. The first-order chi connectivity index (χ1) is 12.1. The van der Waals surface area contributed by atoms with E-state index >= 15 is 0 Å². The summed E-state index contributed by atoms with van der Waals surface area (Å²) in [5.41, 5.74) is 3.82. The van der Waals surface area contributed by atoms with E-state index in [9.17, 15) is 4.79 Å². The third kappa shape index (κ3) is 4.09. The van der Waals surface area contributed by atoms with Gasteiger partial charge in [-0.15, -0.1) is 5.10 Å². The number of ether oxygens (including phenoxy) is 1. The lowest BCUT2D eigenvalue weighted by atomic mass is 10.0. The summed E-state index contributed by atoms with van der Waals surface area (Å²) in [7, 11) is 1.63. The molecule has 0 atom stereocenters. The Bertz CT molecular complexity index is 888. The Hall–Kier alpha value is -2.60. The lowest BCUT2D eigenvalue weighted by Gasteiger charge is -2.04. The van der Waals surface area contributed by atoms with Gasteiger partial charge in [-0.2, -0.15) is 0 Å². The predicted octanol–water partition coefficient (Wildman–Crippen LogP) is 4.07. The fourth-order valence-electron chi connectivity index (χ4n) is 2.52. The summed E-state index contributed by atoms with van der Waals surface area (Å²) >= 11 is 1.33. The molecule has 0 radical (unpaired) electrons. The highest BCUT2D eigenvalue weighted by Crippen LogP contribution is 2.22. The molecule has 0 aliphatic heterocycles. The summed E-state index contributed by atoms with van der Waals surface area (Å²) in [5, 5.41) is 7.65. The summed E-state index contributed by atoms with van der Waals surface area (Å²) < 4.78 is 5.15. The van der Waals surface area contributed by atoms with Crippen molar-refractivity contribution >= 4 is 17.5 Å². The molecule has 3 rings (SSSR count). The van der Waals surface area contributed by atoms with Crippen molar-refractivity contribution in [2.24, 2.45) is 0 Å². The standard InChI is InChI=1S/C19H19N3O2S/c1-12-4-9-16(13(2)10-12)17(23)11-25-19-20-18(21-22-19)14-5-7-15(24-3)8-6-14/h4-10H,11H2,1-3H3,(H,20,21,22). The summed E-state index contributed by atoms with van der Waals surface area (Å²) in [5.74, 6) is 1.85. The number of nitrogens with zero attached hydrogens (tertiary/aromatic N) is 2. The highest BCUT2D eigenvalue weighted by atomic mass is 32.2. The van der Waals surface area contributed by atoms with Gasteiger partial charge >= 0.3 is 0 Å². The number of aromatic nitrogens is 3. The van der Waals surface area contributed by atoms with Crippen molar-refractivity contribution in [2.75, 3.05) is 12.9 Å². The van der Waals surface area contributed by atoms with Crippen molar-refractivity contribution in [3.63, 3.8) is 0 Å². The van der Waals surface area contributed by atoms with Gasteiger partial charge in [0, 0.05) is 11.1 Å². The predicted molar refractivity (Wildman–Crippen MR) is 99.3 cm³/mol. The van der Waals surface area contributed by atoms with Crippen LogP contribution in [-0.2, 0) is 0 Å². The molecule has 0 aliphatic rings. The average Bonchev–Trinajstić information content (AvgIpc) is 3.09. The van der Waals surface area contributed by atoms with Crippen LogP contribution in [0.3, 0.4) is 0 Å². The zero-order chi connectivity index (χ0) is 17.8. The number of rotatable bonds is 6.